The van der Waals surface area contributed by atoms with E-state index in [0.29, 0.717) is 25.5 Å². The monoisotopic (exact) mass is 500 g/mol. The van der Waals surface area contributed by atoms with Gasteiger partial charge in [-0.1, -0.05) is 37.3 Å². The fourth-order valence-corrected chi connectivity index (χ4v) is 4.93. The summed E-state index contributed by atoms with van der Waals surface area (Å²) in [5, 5.41) is 3.98. The number of carbonyl (C=O) groups is 1. The van der Waals surface area contributed by atoms with Crippen molar-refractivity contribution in [1.29, 1.82) is 0 Å². The summed E-state index contributed by atoms with van der Waals surface area (Å²) in [5.74, 6) is 1.21. The van der Waals surface area contributed by atoms with Gasteiger partial charge in [-0.25, -0.2) is 20.0 Å². The van der Waals surface area contributed by atoms with Crippen molar-refractivity contribution < 1.29 is 18.0 Å². The number of benzene rings is 1. The topological polar surface area (TPSA) is 64.9 Å². The second kappa shape index (κ2) is 10.8. The summed E-state index contributed by atoms with van der Waals surface area (Å²) < 4.78 is 40.2. The Labute approximate surface area is 209 Å². The van der Waals surface area contributed by atoms with E-state index < -0.39 is 11.7 Å². The van der Waals surface area contributed by atoms with Crippen molar-refractivity contribution in [1.82, 2.24) is 19.9 Å². The van der Waals surface area contributed by atoms with E-state index in [4.69, 9.17) is 4.99 Å². The highest BCUT2D eigenvalue weighted by Crippen LogP contribution is 2.34. The Kier molecular flexibility index (Phi) is 7.73. The van der Waals surface area contributed by atoms with Crippen LogP contribution in [-0.2, 0) is 17.4 Å². The Hall–Kier alpha value is -3.27. The number of hydrogen-bond donors (Lipinski definition) is 0. The minimum atomic E-state index is -4.49. The zero-order valence-corrected chi connectivity index (χ0v) is 20.7. The summed E-state index contributed by atoms with van der Waals surface area (Å²) in [5.41, 5.74) is -0.749. The second-order valence-electron chi connectivity index (χ2n) is 9.25. The Morgan fingerprint density at radius 3 is 2.56 bits per heavy atom. The SMILES string of the molecule is C/C=C\CC1N=C(C2CCN(C(=O)Cc3ccccc3C(F)(F)F)CC2C)N(c2ncccn2)N1C. The van der Waals surface area contributed by atoms with Crippen molar-refractivity contribution in [3.8, 4) is 0 Å². The van der Waals surface area contributed by atoms with Crippen molar-refractivity contribution >= 4 is 17.7 Å². The van der Waals surface area contributed by atoms with E-state index in [1.54, 1.807) is 23.4 Å². The molecule has 3 unspecified atom stereocenters. The standard InChI is InChI=1S/C26H31F3N6O/c1-4-5-11-22-32-24(35(33(22)3)25-30-13-8-14-31-25)20-12-15-34(17-18(20)2)23(36)16-19-9-6-7-10-21(19)26(27,28)29/h4-10,13-14,18,20,22H,11-12,15-17H2,1-3H3/b5-4-. The molecule has 1 aromatic heterocycles. The maximum atomic E-state index is 13.4. The minimum absolute atomic E-state index is 0.00536. The number of amides is 1. The van der Waals surface area contributed by atoms with Crippen LogP contribution in [0.3, 0.4) is 0 Å². The molecule has 0 radical (unpaired) electrons. The van der Waals surface area contributed by atoms with Crippen molar-refractivity contribution in [2.24, 2.45) is 16.8 Å². The van der Waals surface area contributed by atoms with Gasteiger partial charge in [0, 0.05) is 44.9 Å². The summed E-state index contributed by atoms with van der Waals surface area (Å²) >= 11 is 0. The highest BCUT2D eigenvalue weighted by molar-refractivity contribution is 5.99. The Balaban J connectivity index is 1.50. The molecule has 0 saturated carbocycles. The van der Waals surface area contributed by atoms with Crippen LogP contribution in [0.1, 0.15) is 37.8 Å². The highest BCUT2D eigenvalue weighted by atomic mass is 19.4. The zero-order valence-electron chi connectivity index (χ0n) is 20.7. The number of halogens is 3. The fraction of sp³-hybridized carbons (Fsp3) is 0.462. The van der Waals surface area contributed by atoms with Crippen molar-refractivity contribution in [2.45, 2.75) is 45.5 Å². The Bertz CT molecular complexity index is 1120. The lowest BCUT2D eigenvalue weighted by Crippen LogP contribution is -2.51. The second-order valence-corrected chi connectivity index (χ2v) is 9.25. The van der Waals surface area contributed by atoms with Gasteiger partial charge in [-0.15, -0.1) is 0 Å². The van der Waals surface area contributed by atoms with Gasteiger partial charge in [-0.05, 0) is 37.0 Å². The number of alkyl halides is 3. The molecule has 3 heterocycles. The molecule has 0 bridgehead atoms. The van der Waals surface area contributed by atoms with Gasteiger partial charge in [0.1, 0.15) is 12.0 Å². The van der Waals surface area contributed by atoms with E-state index in [2.05, 4.69) is 23.0 Å². The van der Waals surface area contributed by atoms with Crippen LogP contribution in [-0.4, -0.2) is 57.9 Å². The average Bonchev–Trinajstić information content (AvgIpc) is 3.18. The Morgan fingerprint density at radius 2 is 1.89 bits per heavy atom. The van der Waals surface area contributed by atoms with Gasteiger partial charge in [0.25, 0.3) is 0 Å². The van der Waals surface area contributed by atoms with E-state index in [9.17, 15) is 18.0 Å². The molecule has 0 N–H and O–H groups in total. The van der Waals surface area contributed by atoms with Crippen LogP contribution >= 0.6 is 0 Å². The van der Waals surface area contributed by atoms with E-state index in [1.807, 2.05) is 30.1 Å². The largest absolute Gasteiger partial charge is 0.416 e. The van der Waals surface area contributed by atoms with Crippen molar-refractivity contribution in [3.63, 3.8) is 0 Å². The molecular formula is C26H31F3N6O. The lowest BCUT2D eigenvalue weighted by molar-refractivity contribution is -0.139. The maximum Gasteiger partial charge on any atom is 0.416 e. The summed E-state index contributed by atoms with van der Waals surface area (Å²) in [6, 6.07) is 7.04. The first-order valence-corrected chi connectivity index (χ1v) is 12.1. The first kappa shape index (κ1) is 25.8. The highest BCUT2D eigenvalue weighted by Gasteiger charge is 2.41. The summed E-state index contributed by atoms with van der Waals surface area (Å²) in [6.45, 7) is 4.93. The van der Waals surface area contributed by atoms with Crippen molar-refractivity contribution in [2.75, 3.05) is 25.1 Å². The van der Waals surface area contributed by atoms with E-state index in [1.165, 1.54) is 18.2 Å². The Morgan fingerprint density at radius 1 is 1.17 bits per heavy atom. The third-order valence-electron chi connectivity index (χ3n) is 6.82. The van der Waals surface area contributed by atoms with Crippen LogP contribution in [0, 0.1) is 11.8 Å². The number of aromatic nitrogens is 2. The fourth-order valence-electron chi connectivity index (χ4n) is 4.93. The molecule has 10 heteroatoms. The molecule has 4 rings (SSSR count). The van der Waals surface area contributed by atoms with Gasteiger partial charge in [-0.3, -0.25) is 4.79 Å². The number of anilines is 1. The van der Waals surface area contributed by atoms with Crippen LogP contribution in [0.2, 0.25) is 0 Å². The van der Waals surface area contributed by atoms with Gasteiger partial charge in [0.15, 0.2) is 0 Å². The number of rotatable bonds is 6. The number of piperidine rings is 1. The molecular weight excluding hydrogens is 469 g/mol. The van der Waals surface area contributed by atoms with Crippen LogP contribution in [0.4, 0.5) is 19.1 Å². The van der Waals surface area contributed by atoms with E-state index in [0.717, 1.165) is 18.3 Å². The number of carbonyl (C=O) groups excluding carboxylic acids is 1. The van der Waals surface area contributed by atoms with Crippen LogP contribution in [0.25, 0.3) is 0 Å². The summed E-state index contributed by atoms with van der Waals surface area (Å²) in [4.78, 5) is 28.6. The first-order chi connectivity index (χ1) is 17.2. The van der Waals surface area contributed by atoms with Gasteiger partial charge in [0.2, 0.25) is 11.9 Å². The molecule has 192 valence electrons. The van der Waals surface area contributed by atoms with E-state index >= 15 is 0 Å². The van der Waals surface area contributed by atoms with Crippen LogP contribution < -0.4 is 5.01 Å². The normalized spacial score (nSPS) is 23.4. The minimum Gasteiger partial charge on any atom is -0.342 e. The number of hydrazine groups is 1. The molecule has 2 aliphatic heterocycles. The molecule has 0 spiro atoms. The smallest absolute Gasteiger partial charge is 0.342 e. The molecule has 2 aromatic rings. The molecule has 1 amide bonds. The lowest BCUT2D eigenvalue weighted by atomic mass is 9.85. The molecule has 1 saturated heterocycles. The molecule has 1 aromatic carbocycles. The average molecular weight is 501 g/mol. The van der Waals surface area contributed by atoms with Gasteiger partial charge in [-0.2, -0.15) is 18.2 Å². The van der Waals surface area contributed by atoms with Crippen LogP contribution in [0.15, 0.2) is 59.9 Å². The molecule has 3 atom stereocenters. The third-order valence-corrected chi connectivity index (χ3v) is 6.82. The summed E-state index contributed by atoms with van der Waals surface area (Å²) in [6.07, 6.45) is 3.99. The van der Waals surface area contributed by atoms with Gasteiger partial charge < -0.3 is 4.90 Å². The van der Waals surface area contributed by atoms with Crippen LogP contribution in [0.5, 0.6) is 0 Å². The molecule has 1 fully saturated rings. The zero-order chi connectivity index (χ0) is 25.9. The maximum absolute atomic E-state index is 13.4. The number of allylic oxidation sites excluding steroid dienone is 1. The van der Waals surface area contributed by atoms with Gasteiger partial charge >= 0.3 is 6.18 Å². The number of aliphatic imine (C=N–C) groups is 1. The van der Waals surface area contributed by atoms with Gasteiger partial charge in [0.05, 0.1) is 12.0 Å². The predicted octanol–water partition coefficient (Wildman–Crippen LogP) is 4.58. The molecule has 0 aliphatic carbocycles. The first-order valence-electron chi connectivity index (χ1n) is 12.1. The predicted molar refractivity (Wildman–Crippen MR) is 132 cm³/mol. The lowest BCUT2D eigenvalue weighted by Gasteiger charge is -2.39. The molecule has 36 heavy (non-hydrogen) atoms. The third kappa shape index (κ3) is 5.43. The molecule has 7 nitrogen and oxygen atoms in total. The van der Waals surface area contributed by atoms with Crippen molar-refractivity contribution in [3.05, 3.63) is 66.0 Å². The molecule has 2 aliphatic rings. The number of amidine groups is 1. The number of likely N-dealkylation sites (tertiary alicyclic amines) is 1. The quantitative estimate of drug-likeness (QED) is 0.544. The number of hydrogen-bond acceptors (Lipinski definition) is 6. The summed E-state index contributed by atoms with van der Waals surface area (Å²) in [7, 11) is 1.96. The number of nitrogens with zero attached hydrogens (tertiary/aromatic N) is 6. The van der Waals surface area contributed by atoms with E-state index in [-0.39, 0.29) is 35.9 Å².